The lowest BCUT2D eigenvalue weighted by Crippen LogP contribution is -1.90. The Bertz CT molecular complexity index is 365. The molecule has 1 aromatic carbocycles. The Hall–Kier alpha value is -1.49. The summed E-state index contributed by atoms with van der Waals surface area (Å²) in [6.07, 6.45) is 1.98. The number of aryl methyl sites for hydroxylation is 1. The van der Waals surface area contributed by atoms with E-state index < -0.39 is 0 Å². The standard InChI is InChI=1S/C11H11NO.C2H6.CH4/c1-13-10-5-4-8-2-3-9(7-12)11(8)6-10;1-2;/h4-6,9H,2-3H2,1H3;1-2H3;1H4. The highest BCUT2D eigenvalue weighted by Crippen LogP contribution is 2.34. The van der Waals surface area contributed by atoms with Crippen molar-refractivity contribution in [3.05, 3.63) is 29.3 Å². The molecule has 0 bridgehead atoms. The van der Waals surface area contributed by atoms with Gasteiger partial charge in [-0.25, -0.2) is 0 Å². The lowest BCUT2D eigenvalue weighted by molar-refractivity contribution is 0.414. The third kappa shape index (κ3) is 2.76. The highest BCUT2D eigenvalue weighted by Gasteiger charge is 2.22. The number of nitriles is 1. The maximum absolute atomic E-state index is 8.89. The average Bonchev–Trinajstić information content (AvgIpc) is 2.73. The number of hydrogen-bond acceptors (Lipinski definition) is 2. The lowest BCUT2D eigenvalue weighted by Gasteiger charge is -2.04. The van der Waals surface area contributed by atoms with E-state index in [-0.39, 0.29) is 13.3 Å². The molecular formula is C14H21NO. The summed E-state index contributed by atoms with van der Waals surface area (Å²) in [7, 11) is 1.65. The molecule has 1 aromatic rings. The Morgan fingerprint density at radius 3 is 2.62 bits per heavy atom. The molecule has 0 saturated carbocycles. The molecule has 0 N–H and O–H groups in total. The normalized spacial score (nSPS) is 16.0. The van der Waals surface area contributed by atoms with Crippen LogP contribution >= 0.6 is 0 Å². The van der Waals surface area contributed by atoms with Gasteiger partial charge in [0.25, 0.3) is 0 Å². The molecule has 2 nitrogen and oxygen atoms in total. The summed E-state index contributed by atoms with van der Waals surface area (Å²) in [5, 5.41) is 8.89. The monoisotopic (exact) mass is 219 g/mol. The smallest absolute Gasteiger partial charge is 0.119 e. The minimum absolute atomic E-state index is 0. The van der Waals surface area contributed by atoms with Gasteiger partial charge >= 0.3 is 0 Å². The Labute approximate surface area is 98.9 Å². The topological polar surface area (TPSA) is 33.0 Å². The van der Waals surface area contributed by atoms with E-state index in [1.807, 2.05) is 26.0 Å². The van der Waals surface area contributed by atoms with E-state index in [0.717, 1.165) is 24.2 Å². The van der Waals surface area contributed by atoms with E-state index in [1.165, 1.54) is 5.56 Å². The molecule has 0 amide bonds. The quantitative estimate of drug-likeness (QED) is 0.717. The largest absolute Gasteiger partial charge is 0.497 e. The molecule has 1 atom stereocenters. The molecule has 88 valence electrons. The highest BCUT2D eigenvalue weighted by molar-refractivity contribution is 5.43. The van der Waals surface area contributed by atoms with Crippen LogP contribution in [0.5, 0.6) is 5.75 Å². The Balaban J connectivity index is 0.000000711. The van der Waals surface area contributed by atoms with Gasteiger partial charge in [-0.3, -0.25) is 0 Å². The van der Waals surface area contributed by atoms with Crippen LogP contribution in [0.1, 0.15) is 44.7 Å². The van der Waals surface area contributed by atoms with Gasteiger partial charge in [-0.2, -0.15) is 5.26 Å². The summed E-state index contributed by atoms with van der Waals surface area (Å²) in [6, 6.07) is 8.32. The molecule has 16 heavy (non-hydrogen) atoms. The molecule has 2 heteroatoms. The van der Waals surface area contributed by atoms with Gasteiger partial charge < -0.3 is 4.74 Å². The second kappa shape index (κ2) is 6.90. The van der Waals surface area contributed by atoms with Crippen molar-refractivity contribution >= 4 is 0 Å². The van der Waals surface area contributed by atoms with Crippen molar-refractivity contribution in [2.24, 2.45) is 0 Å². The number of rotatable bonds is 1. The van der Waals surface area contributed by atoms with Gasteiger partial charge in [-0.05, 0) is 36.1 Å². The molecule has 0 aromatic heterocycles. The number of methoxy groups -OCH3 is 1. The first-order valence-electron chi connectivity index (χ1n) is 5.41. The molecule has 1 unspecified atom stereocenters. The number of benzene rings is 1. The summed E-state index contributed by atoms with van der Waals surface area (Å²) in [5.41, 5.74) is 2.45. The van der Waals surface area contributed by atoms with Crippen LogP contribution in [-0.4, -0.2) is 7.11 Å². The van der Waals surface area contributed by atoms with E-state index in [1.54, 1.807) is 7.11 Å². The first-order valence-corrected chi connectivity index (χ1v) is 5.41. The van der Waals surface area contributed by atoms with Gasteiger partial charge in [0.05, 0.1) is 19.1 Å². The summed E-state index contributed by atoms with van der Waals surface area (Å²) in [4.78, 5) is 0. The molecular weight excluding hydrogens is 198 g/mol. The van der Waals surface area contributed by atoms with Gasteiger partial charge in [0.15, 0.2) is 0 Å². The number of hydrogen-bond donors (Lipinski definition) is 0. The van der Waals surface area contributed by atoms with Crippen LogP contribution in [0.15, 0.2) is 18.2 Å². The number of nitrogens with zero attached hydrogens (tertiary/aromatic N) is 1. The van der Waals surface area contributed by atoms with E-state index >= 15 is 0 Å². The van der Waals surface area contributed by atoms with Crippen molar-refractivity contribution in [2.45, 2.75) is 40.0 Å². The molecule has 1 aliphatic carbocycles. The Morgan fingerprint density at radius 2 is 2.06 bits per heavy atom. The summed E-state index contributed by atoms with van der Waals surface area (Å²) in [5.74, 6) is 0.922. The molecule has 0 aliphatic heterocycles. The van der Waals surface area contributed by atoms with Gasteiger partial charge in [-0.15, -0.1) is 0 Å². The predicted octanol–water partition coefficient (Wildman–Crippen LogP) is 3.91. The highest BCUT2D eigenvalue weighted by atomic mass is 16.5. The maximum atomic E-state index is 8.89. The average molecular weight is 219 g/mol. The van der Waals surface area contributed by atoms with Crippen LogP contribution in [0.4, 0.5) is 0 Å². The zero-order chi connectivity index (χ0) is 11.3. The van der Waals surface area contributed by atoms with Crippen LogP contribution in [0.3, 0.4) is 0 Å². The van der Waals surface area contributed by atoms with Crippen molar-refractivity contribution in [3.8, 4) is 11.8 Å². The van der Waals surface area contributed by atoms with Gasteiger partial charge in [0.1, 0.15) is 5.75 Å². The van der Waals surface area contributed by atoms with E-state index in [2.05, 4.69) is 12.1 Å². The zero-order valence-corrected chi connectivity index (χ0v) is 9.58. The van der Waals surface area contributed by atoms with Crippen LogP contribution < -0.4 is 4.74 Å². The Morgan fingerprint density at radius 1 is 1.38 bits per heavy atom. The van der Waals surface area contributed by atoms with Crippen LogP contribution in [-0.2, 0) is 6.42 Å². The molecule has 2 rings (SSSR count). The van der Waals surface area contributed by atoms with Crippen molar-refractivity contribution in [1.82, 2.24) is 0 Å². The fourth-order valence-corrected chi connectivity index (χ4v) is 1.84. The van der Waals surface area contributed by atoms with Crippen molar-refractivity contribution in [1.29, 1.82) is 5.26 Å². The molecule has 0 radical (unpaired) electrons. The van der Waals surface area contributed by atoms with Crippen molar-refractivity contribution in [2.75, 3.05) is 7.11 Å². The third-order valence-electron chi connectivity index (χ3n) is 2.59. The van der Waals surface area contributed by atoms with Crippen LogP contribution in [0.2, 0.25) is 0 Å². The molecule has 0 heterocycles. The predicted molar refractivity (Wildman–Crippen MR) is 67.7 cm³/mol. The fraction of sp³-hybridized carbons (Fsp3) is 0.500. The molecule has 1 aliphatic rings. The van der Waals surface area contributed by atoms with Gasteiger partial charge in [0.2, 0.25) is 0 Å². The fourth-order valence-electron chi connectivity index (χ4n) is 1.84. The first-order chi connectivity index (χ1) is 7.35. The minimum atomic E-state index is 0. The van der Waals surface area contributed by atoms with E-state index in [4.69, 9.17) is 10.00 Å². The number of ether oxygens (including phenoxy) is 1. The van der Waals surface area contributed by atoms with E-state index in [0.29, 0.717) is 0 Å². The lowest BCUT2D eigenvalue weighted by atomic mass is 10.0. The second-order valence-electron chi connectivity index (χ2n) is 3.29. The summed E-state index contributed by atoms with van der Waals surface area (Å²) in [6.45, 7) is 4.00. The molecule has 0 saturated heterocycles. The van der Waals surface area contributed by atoms with Crippen LogP contribution in [0, 0.1) is 11.3 Å². The number of fused-ring (bicyclic) bond motifs is 1. The van der Waals surface area contributed by atoms with E-state index in [9.17, 15) is 0 Å². The van der Waals surface area contributed by atoms with Crippen LogP contribution in [0.25, 0.3) is 0 Å². The maximum Gasteiger partial charge on any atom is 0.119 e. The summed E-state index contributed by atoms with van der Waals surface area (Å²) >= 11 is 0. The Kier molecular flexibility index (Phi) is 6.25. The van der Waals surface area contributed by atoms with Crippen molar-refractivity contribution in [3.63, 3.8) is 0 Å². The summed E-state index contributed by atoms with van der Waals surface area (Å²) < 4.78 is 5.12. The van der Waals surface area contributed by atoms with Crippen molar-refractivity contribution < 1.29 is 4.74 Å². The molecule has 0 fully saturated rings. The SMILES string of the molecule is C.CC.COc1ccc2c(c1)C(C#N)CC2. The minimum Gasteiger partial charge on any atom is -0.497 e. The second-order valence-corrected chi connectivity index (χ2v) is 3.29. The first kappa shape index (κ1) is 14.5. The van der Waals surface area contributed by atoms with Gasteiger partial charge in [0, 0.05) is 0 Å². The zero-order valence-electron chi connectivity index (χ0n) is 9.58. The third-order valence-corrected chi connectivity index (χ3v) is 2.59. The van der Waals surface area contributed by atoms with Gasteiger partial charge in [-0.1, -0.05) is 27.3 Å². The molecule has 0 spiro atoms.